The van der Waals surface area contributed by atoms with E-state index in [4.69, 9.17) is 0 Å². The molecule has 0 heterocycles. The van der Waals surface area contributed by atoms with Gasteiger partial charge in [0.15, 0.2) is 0 Å². The Morgan fingerprint density at radius 3 is 0.836 bits per heavy atom. The average Bonchev–Trinajstić information content (AvgIpc) is 3.40. The third kappa shape index (κ3) is 58.4. The highest BCUT2D eigenvalue weighted by Gasteiger charge is 2.22. The summed E-state index contributed by atoms with van der Waals surface area (Å²) in [6.07, 6.45) is 83.2. The molecule has 0 spiro atoms. The number of aliphatic hydroxyl groups is 3. The van der Waals surface area contributed by atoms with Crippen molar-refractivity contribution >= 4 is 5.91 Å². The van der Waals surface area contributed by atoms with Crippen LogP contribution in [0.2, 0.25) is 0 Å². The Hall–Kier alpha value is -1.17. The first-order chi connectivity index (χ1) is 36.1. The molecule has 4 N–H and O–H groups in total. The number of nitrogens with one attached hydrogen (secondary N) is 1. The van der Waals surface area contributed by atoms with Crippen molar-refractivity contribution in [1.82, 2.24) is 5.32 Å². The lowest BCUT2D eigenvalue weighted by atomic mass is 10.0. The number of hydrogen-bond donors (Lipinski definition) is 4. The van der Waals surface area contributed by atoms with E-state index in [2.05, 4.69) is 31.3 Å². The summed E-state index contributed by atoms with van der Waals surface area (Å²) in [7, 11) is 0. The highest BCUT2D eigenvalue weighted by Crippen LogP contribution is 2.19. The molecule has 0 aromatic rings. The van der Waals surface area contributed by atoms with Crippen molar-refractivity contribution in [3.8, 4) is 0 Å². The van der Waals surface area contributed by atoms with E-state index in [1.54, 1.807) is 6.08 Å². The summed E-state index contributed by atoms with van der Waals surface area (Å²) in [5, 5.41) is 33.4. The molecule has 0 saturated carbocycles. The molecule has 3 unspecified atom stereocenters. The van der Waals surface area contributed by atoms with E-state index in [1.807, 2.05) is 6.08 Å². The number of hydrogen-bond acceptors (Lipinski definition) is 4. The molecule has 0 aromatic carbocycles. The van der Waals surface area contributed by atoms with E-state index in [1.165, 1.54) is 321 Å². The summed E-state index contributed by atoms with van der Waals surface area (Å²) in [6.45, 7) is 4.22. The van der Waals surface area contributed by atoms with Crippen LogP contribution in [-0.2, 0) is 4.79 Å². The molecule has 3 atom stereocenters. The first-order valence-electron chi connectivity index (χ1n) is 33.7. The van der Waals surface area contributed by atoms with Gasteiger partial charge in [0, 0.05) is 0 Å². The number of aliphatic hydroxyl groups excluding tert-OH is 3. The van der Waals surface area contributed by atoms with Crippen LogP contribution in [0.15, 0.2) is 24.3 Å². The van der Waals surface area contributed by atoms with Gasteiger partial charge in [-0.1, -0.05) is 372 Å². The second-order valence-electron chi connectivity index (χ2n) is 23.4. The molecule has 0 aliphatic carbocycles. The van der Waals surface area contributed by atoms with Crippen LogP contribution < -0.4 is 5.32 Å². The first-order valence-corrected chi connectivity index (χ1v) is 33.7. The minimum atomic E-state index is -1.10. The molecule has 434 valence electrons. The molecular weight excluding hydrogens is 895 g/mol. The third-order valence-corrected chi connectivity index (χ3v) is 16.0. The molecule has 5 heteroatoms. The van der Waals surface area contributed by atoms with E-state index >= 15 is 0 Å². The Bertz CT molecular complexity index is 1090. The fourth-order valence-corrected chi connectivity index (χ4v) is 10.9. The van der Waals surface area contributed by atoms with Gasteiger partial charge in [0.2, 0.25) is 5.91 Å². The van der Waals surface area contributed by atoms with Crippen molar-refractivity contribution in [2.75, 3.05) is 6.61 Å². The quantitative estimate of drug-likeness (QED) is 0.0361. The standard InChI is InChI=1S/C68H133NO4/c1-3-5-7-9-11-13-15-17-19-21-23-25-26-27-28-29-30-31-32-33-34-35-36-37-38-39-40-41-43-45-47-49-51-53-55-57-59-61-63-67(72)68(73)69-65(64-70)66(71)62-60-58-56-54-52-50-48-46-44-42-24-22-20-18-16-14-12-10-8-6-4-2/h52,54,60,62,65-67,70-72H,3-51,53,55-59,61,63-64H2,1-2H3,(H,69,73)/b54-52+,62-60+. The van der Waals surface area contributed by atoms with E-state index in [0.717, 1.165) is 38.5 Å². The maximum atomic E-state index is 12.6. The summed E-state index contributed by atoms with van der Waals surface area (Å²) in [5.41, 5.74) is 0. The topological polar surface area (TPSA) is 89.8 Å². The second-order valence-corrected chi connectivity index (χ2v) is 23.4. The zero-order chi connectivity index (χ0) is 52.9. The normalized spacial score (nSPS) is 13.2. The van der Waals surface area contributed by atoms with Crippen LogP contribution in [0, 0.1) is 0 Å². The zero-order valence-electron chi connectivity index (χ0n) is 49.8. The van der Waals surface area contributed by atoms with E-state index in [0.29, 0.717) is 6.42 Å². The Morgan fingerprint density at radius 1 is 0.329 bits per heavy atom. The molecule has 0 aromatic heterocycles. The van der Waals surface area contributed by atoms with Crippen molar-refractivity contribution in [2.24, 2.45) is 0 Å². The minimum absolute atomic E-state index is 0.372. The molecule has 1 amide bonds. The van der Waals surface area contributed by atoms with E-state index < -0.39 is 24.2 Å². The Kier molecular flexibility index (Phi) is 62.3. The highest BCUT2D eigenvalue weighted by molar-refractivity contribution is 5.80. The number of unbranched alkanes of at least 4 members (excludes halogenated alkanes) is 53. The van der Waals surface area contributed by atoms with Gasteiger partial charge in [-0.15, -0.1) is 0 Å². The van der Waals surface area contributed by atoms with Gasteiger partial charge in [0.05, 0.1) is 18.8 Å². The molecule has 5 nitrogen and oxygen atoms in total. The van der Waals surface area contributed by atoms with Crippen LogP contribution in [0.3, 0.4) is 0 Å². The number of carbonyl (C=O) groups is 1. The Balaban J connectivity index is 3.46. The summed E-state index contributed by atoms with van der Waals surface area (Å²) in [5.74, 6) is -0.505. The zero-order valence-corrected chi connectivity index (χ0v) is 49.8. The summed E-state index contributed by atoms with van der Waals surface area (Å²) in [6, 6.07) is -0.813. The predicted octanol–water partition coefficient (Wildman–Crippen LogP) is 21.6. The number of carbonyl (C=O) groups excluding carboxylic acids is 1. The minimum Gasteiger partial charge on any atom is -0.394 e. The fourth-order valence-electron chi connectivity index (χ4n) is 10.9. The molecule has 0 bridgehead atoms. The Labute approximate surface area is 458 Å². The smallest absolute Gasteiger partial charge is 0.249 e. The van der Waals surface area contributed by atoms with Gasteiger partial charge in [0.1, 0.15) is 6.10 Å². The highest BCUT2D eigenvalue weighted by atomic mass is 16.3. The van der Waals surface area contributed by atoms with E-state index in [-0.39, 0.29) is 6.61 Å². The summed E-state index contributed by atoms with van der Waals surface area (Å²) >= 11 is 0. The SMILES string of the molecule is CCCCCCCCCCCCCCCCC/C=C/CC/C=C/C(O)C(CO)NC(=O)C(O)CCCCCCCCCCCCCCCCCCCCCCCCCCCCCCCCCCCCCCCC. The third-order valence-electron chi connectivity index (χ3n) is 16.0. The van der Waals surface area contributed by atoms with Gasteiger partial charge in [-0.2, -0.15) is 0 Å². The van der Waals surface area contributed by atoms with Crippen LogP contribution in [0.1, 0.15) is 380 Å². The lowest BCUT2D eigenvalue weighted by Gasteiger charge is -2.21. The number of amides is 1. The van der Waals surface area contributed by atoms with Gasteiger partial charge in [-0.3, -0.25) is 4.79 Å². The van der Waals surface area contributed by atoms with Crippen LogP contribution in [0.4, 0.5) is 0 Å². The molecular formula is C68H133NO4. The van der Waals surface area contributed by atoms with Crippen LogP contribution in [0.25, 0.3) is 0 Å². The predicted molar refractivity (Wildman–Crippen MR) is 324 cm³/mol. The fraction of sp³-hybridized carbons (Fsp3) is 0.926. The number of rotatable bonds is 63. The van der Waals surface area contributed by atoms with Crippen molar-refractivity contribution in [3.63, 3.8) is 0 Å². The first kappa shape index (κ1) is 71.8. The van der Waals surface area contributed by atoms with E-state index in [9.17, 15) is 20.1 Å². The van der Waals surface area contributed by atoms with Crippen molar-refractivity contribution in [3.05, 3.63) is 24.3 Å². The van der Waals surface area contributed by atoms with Gasteiger partial charge in [-0.25, -0.2) is 0 Å². The number of allylic oxidation sites excluding steroid dienone is 3. The van der Waals surface area contributed by atoms with Crippen molar-refractivity contribution in [1.29, 1.82) is 0 Å². The summed E-state index contributed by atoms with van der Waals surface area (Å²) < 4.78 is 0. The molecule has 0 aliphatic heterocycles. The molecule has 0 saturated heterocycles. The van der Waals surface area contributed by atoms with Gasteiger partial charge < -0.3 is 20.6 Å². The largest absolute Gasteiger partial charge is 0.394 e. The maximum absolute atomic E-state index is 12.6. The average molecular weight is 1030 g/mol. The molecule has 0 radical (unpaired) electrons. The monoisotopic (exact) mass is 1030 g/mol. The Morgan fingerprint density at radius 2 is 0.562 bits per heavy atom. The lowest BCUT2D eigenvalue weighted by Crippen LogP contribution is -2.48. The second kappa shape index (κ2) is 63.4. The van der Waals surface area contributed by atoms with Crippen molar-refractivity contribution < 1.29 is 20.1 Å². The summed E-state index contributed by atoms with van der Waals surface area (Å²) in [4.78, 5) is 12.6. The van der Waals surface area contributed by atoms with Crippen LogP contribution >= 0.6 is 0 Å². The molecule has 73 heavy (non-hydrogen) atoms. The maximum Gasteiger partial charge on any atom is 0.249 e. The van der Waals surface area contributed by atoms with Gasteiger partial charge in [0.25, 0.3) is 0 Å². The van der Waals surface area contributed by atoms with Crippen LogP contribution in [0.5, 0.6) is 0 Å². The molecule has 0 fully saturated rings. The van der Waals surface area contributed by atoms with Gasteiger partial charge in [-0.05, 0) is 32.1 Å². The van der Waals surface area contributed by atoms with Gasteiger partial charge >= 0.3 is 0 Å². The van der Waals surface area contributed by atoms with Crippen molar-refractivity contribution in [2.45, 2.75) is 398 Å². The lowest BCUT2D eigenvalue weighted by molar-refractivity contribution is -0.131. The van der Waals surface area contributed by atoms with Crippen LogP contribution in [-0.4, -0.2) is 46.1 Å². The molecule has 0 aliphatic rings. The molecule has 0 rings (SSSR count).